The van der Waals surface area contributed by atoms with Crippen molar-refractivity contribution in [2.75, 3.05) is 0 Å². The lowest BCUT2D eigenvalue weighted by atomic mass is 10.1. The number of nitrogens with zero attached hydrogens (tertiary/aromatic N) is 3. The van der Waals surface area contributed by atoms with Gasteiger partial charge in [-0.05, 0) is 63.6 Å². The summed E-state index contributed by atoms with van der Waals surface area (Å²) in [5.74, 6) is -0.875. The Hall–Kier alpha value is -3.55. The fraction of sp³-hybridized carbons (Fsp3) is 0.273. The summed E-state index contributed by atoms with van der Waals surface area (Å²) in [4.78, 5) is 29.0. The Kier molecular flexibility index (Phi) is 6.25. The minimum atomic E-state index is -1.00. The molecule has 0 bridgehead atoms. The number of benzene rings is 1. The third-order valence-corrected chi connectivity index (χ3v) is 4.59. The molecule has 3 rings (SSSR count). The number of aromatic nitrogens is 3. The van der Waals surface area contributed by atoms with Gasteiger partial charge in [-0.25, -0.2) is 18.9 Å². The normalized spacial score (nSPS) is 12.8. The lowest BCUT2D eigenvalue weighted by molar-refractivity contribution is -0.129. The van der Waals surface area contributed by atoms with Crippen LogP contribution in [0.5, 0.6) is 0 Å². The Morgan fingerprint density at radius 3 is 2.37 bits per heavy atom. The van der Waals surface area contributed by atoms with E-state index in [0.29, 0.717) is 5.82 Å². The van der Waals surface area contributed by atoms with Gasteiger partial charge in [-0.1, -0.05) is 12.1 Å². The average Bonchev–Trinajstić information content (AvgIpc) is 3.06. The van der Waals surface area contributed by atoms with E-state index in [1.54, 1.807) is 35.9 Å². The zero-order valence-electron chi connectivity index (χ0n) is 17.2. The van der Waals surface area contributed by atoms with Crippen molar-refractivity contribution in [3.05, 3.63) is 77.0 Å². The molecule has 0 aliphatic carbocycles. The molecule has 2 unspecified atom stereocenters. The maximum atomic E-state index is 13.0. The summed E-state index contributed by atoms with van der Waals surface area (Å²) in [5, 5.41) is 7.09. The molecule has 3 aromatic rings. The van der Waals surface area contributed by atoms with E-state index in [-0.39, 0.29) is 17.4 Å². The first-order chi connectivity index (χ1) is 14.2. The Labute approximate surface area is 173 Å². The number of nitrogens with one attached hydrogen (secondary N) is 1. The highest BCUT2D eigenvalue weighted by atomic mass is 19.1. The minimum absolute atomic E-state index is 0.228. The molecule has 0 spiro atoms. The van der Waals surface area contributed by atoms with Crippen LogP contribution in [0.4, 0.5) is 4.39 Å². The summed E-state index contributed by atoms with van der Waals surface area (Å²) in [5.41, 5.74) is 2.77. The van der Waals surface area contributed by atoms with Gasteiger partial charge in [-0.3, -0.25) is 4.79 Å². The number of pyridine rings is 1. The van der Waals surface area contributed by atoms with Gasteiger partial charge in [-0.2, -0.15) is 5.10 Å². The van der Waals surface area contributed by atoms with Gasteiger partial charge < -0.3 is 10.1 Å². The molecule has 0 saturated carbocycles. The fourth-order valence-corrected chi connectivity index (χ4v) is 2.94. The van der Waals surface area contributed by atoms with E-state index in [1.165, 1.54) is 25.3 Å². The first kappa shape index (κ1) is 21.2. The van der Waals surface area contributed by atoms with Crippen molar-refractivity contribution in [2.24, 2.45) is 0 Å². The number of ether oxygens (including phenoxy) is 1. The van der Waals surface area contributed by atoms with Crippen LogP contribution in [0.25, 0.3) is 5.82 Å². The van der Waals surface area contributed by atoms with Crippen LogP contribution in [0, 0.1) is 19.7 Å². The van der Waals surface area contributed by atoms with E-state index in [0.717, 1.165) is 17.0 Å². The van der Waals surface area contributed by atoms with Gasteiger partial charge in [0.1, 0.15) is 5.82 Å². The maximum Gasteiger partial charge on any atom is 0.340 e. The lowest BCUT2D eigenvalue weighted by Crippen LogP contribution is -2.37. The van der Waals surface area contributed by atoms with E-state index < -0.39 is 18.0 Å². The van der Waals surface area contributed by atoms with E-state index in [4.69, 9.17) is 4.74 Å². The molecule has 1 N–H and O–H groups in total. The minimum Gasteiger partial charge on any atom is -0.449 e. The van der Waals surface area contributed by atoms with Gasteiger partial charge in [0.05, 0.1) is 17.3 Å². The zero-order valence-corrected chi connectivity index (χ0v) is 17.2. The van der Waals surface area contributed by atoms with Crippen molar-refractivity contribution in [1.82, 2.24) is 20.1 Å². The predicted octanol–water partition coefficient (Wildman–Crippen LogP) is 3.45. The van der Waals surface area contributed by atoms with Gasteiger partial charge in [0.2, 0.25) is 0 Å². The van der Waals surface area contributed by atoms with Gasteiger partial charge in [0, 0.05) is 11.9 Å². The van der Waals surface area contributed by atoms with Crippen LogP contribution in [0.2, 0.25) is 0 Å². The summed E-state index contributed by atoms with van der Waals surface area (Å²) >= 11 is 0. The molecule has 2 aromatic heterocycles. The van der Waals surface area contributed by atoms with Crippen molar-refractivity contribution < 1.29 is 18.7 Å². The largest absolute Gasteiger partial charge is 0.449 e. The van der Waals surface area contributed by atoms with Gasteiger partial charge >= 0.3 is 5.97 Å². The van der Waals surface area contributed by atoms with E-state index in [2.05, 4.69) is 15.4 Å². The predicted molar refractivity (Wildman–Crippen MR) is 109 cm³/mol. The number of rotatable bonds is 6. The lowest BCUT2D eigenvalue weighted by Gasteiger charge is -2.18. The molecule has 7 nitrogen and oxygen atoms in total. The Morgan fingerprint density at radius 2 is 1.80 bits per heavy atom. The second-order valence-corrected chi connectivity index (χ2v) is 7.07. The number of carbonyl (C=O) groups is 2. The monoisotopic (exact) mass is 410 g/mol. The number of halogens is 1. The van der Waals surface area contributed by atoms with Crippen LogP contribution < -0.4 is 5.32 Å². The molecule has 8 heteroatoms. The summed E-state index contributed by atoms with van der Waals surface area (Å²) < 4.78 is 20.0. The number of hydrogen-bond donors (Lipinski definition) is 1. The van der Waals surface area contributed by atoms with Crippen molar-refractivity contribution in [2.45, 2.75) is 39.8 Å². The molecule has 1 aromatic carbocycles. The maximum absolute atomic E-state index is 13.0. The van der Waals surface area contributed by atoms with Crippen molar-refractivity contribution in [1.29, 1.82) is 0 Å². The van der Waals surface area contributed by atoms with E-state index in [1.807, 2.05) is 19.9 Å². The van der Waals surface area contributed by atoms with E-state index >= 15 is 0 Å². The summed E-state index contributed by atoms with van der Waals surface area (Å²) in [6.45, 7) is 7.05. The third kappa shape index (κ3) is 4.89. The molecule has 30 heavy (non-hydrogen) atoms. The molecule has 2 atom stereocenters. The number of hydrogen-bond acceptors (Lipinski definition) is 5. The number of amides is 1. The molecule has 2 heterocycles. The Balaban J connectivity index is 1.60. The second kappa shape index (κ2) is 8.86. The molecule has 1 amide bonds. The third-order valence-electron chi connectivity index (χ3n) is 4.59. The number of esters is 1. The van der Waals surface area contributed by atoms with Crippen LogP contribution in [0.3, 0.4) is 0 Å². The standard InChI is InChI=1S/C22H23FN4O3/c1-13-11-14(2)27(26-13)20-10-7-18(12-24-20)22(29)30-16(4)21(28)25-15(3)17-5-8-19(23)9-6-17/h5-12,15-16H,1-4H3,(H,25,28). The highest BCUT2D eigenvalue weighted by molar-refractivity contribution is 5.92. The molecule has 156 valence electrons. The Bertz CT molecular complexity index is 1050. The van der Waals surface area contributed by atoms with Crippen LogP contribution in [0.15, 0.2) is 48.7 Å². The Morgan fingerprint density at radius 1 is 1.10 bits per heavy atom. The summed E-state index contributed by atoms with van der Waals surface area (Å²) in [6, 6.07) is 10.6. The van der Waals surface area contributed by atoms with Gasteiger partial charge in [-0.15, -0.1) is 0 Å². The van der Waals surface area contributed by atoms with Crippen LogP contribution in [0.1, 0.15) is 47.2 Å². The highest BCUT2D eigenvalue weighted by Gasteiger charge is 2.21. The smallest absolute Gasteiger partial charge is 0.340 e. The second-order valence-electron chi connectivity index (χ2n) is 7.07. The average molecular weight is 410 g/mol. The molecule has 0 aliphatic rings. The summed E-state index contributed by atoms with van der Waals surface area (Å²) in [6.07, 6.45) is 0.385. The first-order valence-corrected chi connectivity index (χ1v) is 9.51. The van der Waals surface area contributed by atoms with Crippen LogP contribution in [-0.2, 0) is 9.53 Å². The van der Waals surface area contributed by atoms with Gasteiger partial charge in [0.25, 0.3) is 5.91 Å². The molecule has 0 fully saturated rings. The topological polar surface area (TPSA) is 86.1 Å². The van der Waals surface area contributed by atoms with Crippen LogP contribution >= 0.6 is 0 Å². The molecule has 0 aliphatic heterocycles. The van der Waals surface area contributed by atoms with E-state index in [9.17, 15) is 14.0 Å². The first-order valence-electron chi connectivity index (χ1n) is 9.51. The zero-order chi connectivity index (χ0) is 21.8. The molecular formula is C22H23FN4O3. The van der Waals surface area contributed by atoms with Crippen molar-refractivity contribution in [3.63, 3.8) is 0 Å². The van der Waals surface area contributed by atoms with Gasteiger partial charge in [0.15, 0.2) is 11.9 Å². The fourth-order valence-electron chi connectivity index (χ4n) is 2.94. The molecule has 0 radical (unpaired) electrons. The highest BCUT2D eigenvalue weighted by Crippen LogP contribution is 2.14. The molecule has 0 saturated heterocycles. The quantitative estimate of drug-likeness (QED) is 0.629. The SMILES string of the molecule is Cc1cc(C)n(-c2ccc(C(=O)OC(C)C(=O)NC(C)c3ccc(F)cc3)cn2)n1. The molecular weight excluding hydrogens is 387 g/mol. The number of carbonyl (C=O) groups excluding carboxylic acids is 2. The summed E-state index contributed by atoms with van der Waals surface area (Å²) in [7, 11) is 0. The number of aryl methyl sites for hydroxylation is 2. The van der Waals surface area contributed by atoms with Crippen molar-refractivity contribution >= 4 is 11.9 Å². The van der Waals surface area contributed by atoms with Crippen molar-refractivity contribution in [3.8, 4) is 5.82 Å². The van der Waals surface area contributed by atoms with Crippen LogP contribution in [-0.4, -0.2) is 32.7 Å².